The molecule has 76 valence electrons. The highest BCUT2D eigenvalue weighted by molar-refractivity contribution is 7.99. The Morgan fingerprint density at radius 2 is 2.23 bits per heavy atom. The Bertz CT molecular complexity index is 140. The summed E-state index contributed by atoms with van der Waals surface area (Å²) in [5, 5.41) is 3.38. The van der Waals surface area contributed by atoms with E-state index < -0.39 is 0 Å². The molecule has 0 aromatic carbocycles. The van der Waals surface area contributed by atoms with Crippen molar-refractivity contribution in [2.24, 2.45) is 0 Å². The first-order valence-corrected chi connectivity index (χ1v) is 6.27. The van der Waals surface area contributed by atoms with E-state index in [2.05, 4.69) is 25.1 Å². The fourth-order valence-electron chi connectivity index (χ4n) is 1.13. The fraction of sp³-hybridized carbons (Fsp3) is 0.818. The summed E-state index contributed by atoms with van der Waals surface area (Å²) in [5.74, 6) is 5.23. The van der Waals surface area contributed by atoms with Crippen molar-refractivity contribution >= 4 is 11.8 Å². The largest absolute Gasteiger partial charge is 0.304 e. The van der Waals surface area contributed by atoms with Crippen molar-refractivity contribution in [3.05, 3.63) is 0 Å². The molecule has 0 saturated carbocycles. The van der Waals surface area contributed by atoms with Gasteiger partial charge < -0.3 is 5.32 Å². The maximum absolute atomic E-state index is 5.38. The number of thioether (sulfide) groups is 1. The van der Waals surface area contributed by atoms with Crippen LogP contribution in [0.3, 0.4) is 0 Å². The molecular formula is C11H21NS. The summed E-state index contributed by atoms with van der Waals surface area (Å²) < 4.78 is 0. The molecule has 0 rings (SSSR count). The molecule has 0 aliphatic heterocycles. The van der Waals surface area contributed by atoms with E-state index in [1.807, 2.05) is 11.8 Å². The average molecular weight is 199 g/mol. The molecule has 0 aliphatic rings. The Balaban J connectivity index is 3.24. The minimum Gasteiger partial charge on any atom is -0.304 e. The van der Waals surface area contributed by atoms with Crippen LogP contribution in [0.5, 0.6) is 0 Å². The summed E-state index contributed by atoms with van der Waals surface area (Å²) in [6.45, 7) is 5.42. The second kappa shape index (κ2) is 9.95. The molecule has 1 N–H and O–H groups in total. The van der Waals surface area contributed by atoms with E-state index in [9.17, 15) is 0 Å². The lowest BCUT2D eigenvalue weighted by atomic mass is 10.2. The van der Waals surface area contributed by atoms with Gasteiger partial charge in [0.1, 0.15) is 0 Å². The zero-order valence-corrected chi connectivity index (χ0v) is 9.62. The van der Waals surface area contributed by atoms with Gasteiger partial charge in [0, 0.05) is 0 Å². The van der Waals surface area contributed by atoms with Gasteiger partial charge in [-0.1, -0.05) is 26.2 Å². The van der Waals surface area contributed by atoms with E-state index in [1.165, 1.54) is 17.9 Å². The van der Waals surface area contributed by atoms with Crippen molar-refractivity contribution in [3.8, 4) is 12.3 Å². The van der Waals surface area contributed by atoms with Gasteiger partial charge in [-0.25, -0.2) is 0 Å². The highest BCUT2D eigenvalue weighted by atomic mass is 32.2. The van der Waals surface area contributed by atoms with Crippen LogP contribution in [0.25, 0.3) is 0 Å². The Hall–Kier alpha value is -0.130. The zero-order chi connectivity index (χ0) is 9.94. The molecule has 0 spiro atoms. The quantitative estimate of drug-likeness (QED) is 0.476. The molecule has 13 heavy (non-hydrogen) atoms. The molecule has 0 heterocycles. The third-order valence-electron chi connectivity index (χ3n) is 1.84. The topological polar surface area (TPSA) is 12.0 Å². The molecule has 1 nitrogen and oxygen atoms in total. The highest BCUT2D eigenvalue weighted by Crippen LogP contribution is 2.00. The normalized spacial score (nSPS) is 12.4. The maximum Gasteiger partial charge on any atom is 0.0686 e. The molecule has 0 aromatic rings. The van der Waals surface area contributed by atoms with Gasteiger partial charge in [0.15, 0.2) is 0 Å². The molecule has 0 fully saturated rings. The van der Waals surface area contributed by atoms with Crippen molar-refractivity contribution < 1.29 is 0 Å². The lowest BCUT2D eigenvalue weighted by Gasteiger charge is -2.11. The minimum absolute atomic E-state index is 0.289. The van der Waals surface area contributed by atoms with Crippen LogP contribution in [0.2, 0.25) is 0 Å². The first kappa shape index (κ1) is 12.9. The van der Waals surface area contributed by atoms with E-state index in [0.717, 1.165) is 19.4 Å². The zero-order valence-electron chi connectivity index (χ0n) is 8.81. The predicted octanol–water partition coefficient (Wildman–Crippen LogP) is 2.52. The first-order chi connectivity index (χ1) is 6.35. The van der Waals surface area contributed by atoms with Gasteiger partial charge in [0.25, 0.3) is 0 Å². The highest BCUT2D eigenvalue weighted by Gasteiger charge is 2.00. The SMILES string of the molecule is C#CC(CCC)NCCCSCC. The summed E-state index contributed by atoms with van der Waals surface area (Å²) in [5.41, 5.74) is 0. The molecule has 0 aromatic heterocycles. The van der Waals surface area contributed by atoms with Crippen molar-refractivity contribution in [3.63, 3.8) is 0 Å². The monoisotopic (exact) mass is 199 g/mol. The van der Waals surface area contributed by atoms with Crippen LogP contribution < -0.4 is 5.32 Å². The molecule has 1 atom stereocenters. The van der Waals surface area contributed by atoms with Crippen LogP contribution in [-0.2, 0) is 0 Å². The van der Waals surface area contributed by atoms with Crippen LogP contribution in [0, 0.1) is 12.3 Å². The van der Waals surface area contributed by atoms with Crippen molar-refractivity contribution in [1.29, 1.82) is 0 Å². The summed E-state index contributed by atoms with van der Waals surface area (Å²) in [6.07, 6.45) is 8.86. The molecule has 0 amide bonds. The molecule has 1 unspecified atom stereocenters. The van der Waals surface area contributed by atoms with Crippen molar-refractivity contribution in [1.82, 2.24) is 5.32 Å². The summed E-state index contributed by atoms with van der Waals surface area (Å²) in [7, 11) is 0. The van der Waals surface area contributed by atoms with Crippen LogP contribution in [0.15, 0.2) is 0 Å². The number of hydrogen-bond acceptors (Lipinski definition) is 2. The second-order valence-electron chi connectivity index (χ2n) is 3.01. The van der Waals surface area contributed by atoms with Gasteiger partial charge in [-0.05, 0) is 30.9 Å². The number of terminal acetylenes is 1. The molecule has 0 saturated heterocycles. The Morgan fingerprint density at radius 1 is 1.46 bits per heavy atom. The van der Waals surface area contributed by atoms with Gasteiger partial charge in [-0.2, -0.15) is 11.8 Å². The first-order valence-electron chi connectivity index (χ1n) is 5.12. The van der Waals surface area contributed by atoms with Gasteiger partial charge >= 0.3 is 0 Å². The van der Waals surface area contributed by atoms with Crippen LogP contribution in [-0.4, -0.2) is 24.1 Å². The van der Waals surface area contributed by atoms with E-state index in [-0.39, 0.29) is 6.04 Å². The van der Waals surface area contributed by atoms with E-state index in [0.29, 0.717) is 0 Å². The van der Waals surface area contributed by atoms with Gasteiger partial charge in [0.05, 0.1) is 6.04 Å². The summed E-state index contributed by atoms with van der Waals surface area (Å²) >= 11 is 1.99. The lowest BCUT2D eigenvalue weighted by Crippen LogP contribution is -2.28. The number of rotatable bonds is 8. The van der Waals surface area contributed by atoms with Crippen LogP contribution >= 0.6 is 11.8 Å². The van der Waals surface area contributed by atoms with Crippen molar-refractivity contribution in [2.45, 2.75) is 39.2 Å². The standard InChI is InChI=1S/C11H21NS/c1-4-8-11(5-2)12-9-7-10-13-6-3/h2,11-12H,4,6-10H2,1,3H3. The third kappa shape index (κ3) is 8.21. The minimum atomic E-state index is 0.289. The lowest BCUT2D eigenvalue weighted by molar-refractivity contribution is 0.562. The second-order valence-corrected chi connectivity index (χ2v) is 4.41. The van der Waals surface area contributed by atoms with Gasteiger partial charge in [-0.3, -0.25) is 0 Å². The molecule has 0 radical (unpaired) electrons. The Morgan fingerprint density at radius 3 is 2.77 bits per heavy atom. The van der Waals surface area contributed by atoms with Gasteiger partial charge in [0.2, 0.25) is 0 Å². The smallest absolute Gasteiger partial charge is 0.0686 e. The van der Waals surface area contributed by atoms with E-state index in [4.69, 9.17) is 6.42 Å². The molecule has 2 heteroatoms. The summed E-state index contributed by atoms with van der Waals surface area (Å²) in [4.78, 5) is 0. The Kier molecular flexibility index (Phi) is 9.85. The molecule has 0 aliphatic carbocycles. The summed E-state index contributed by atoms with van der Waals surface area (Å²) in [6, 6.07) is 0.289. The average Bonchev–Trinajstić information content (AvgIpc) is 2.16. The predicted molar refractivity (Wildman–Crippen MR) is 63.1 cm³/mol. The number of hydrogen-bond donors (Lipinski definition) is 1. The third-order valence-corrected chi connectivity index (χ3v) is 2.82. The van der Waals surface area contributed by atoms with Crippen molar-refractivity contribution in [2.75, 3.05) is 18.1 Å². The van der Waals surface area contributed by atoms with E-state index >= 15 is 0 Å². The molecular weight excluding hydrogens is 178 g/mol. The number of nitrogens with one attached hydrogen (secondary N) is 1. The van der Waals surface area contributed by atoms with Gasteiger partial charge in [-0.15, -0.1) is 6.42 Å². The maximum atomic E-state index is 5.38. The van der Waals surface area contributed by atoms with E-state index in [1.54, 1.807) is 0 Å². The Labute approximate surface area is 87.1 Å². The van der Waals surface area contributed by atoms with Crippen LogP contribution in [0.1, 0.15) is 33.1 Å². The molecule has 0 bridgehead atoms. The van der Waals surface area contributed by atoms with Crippen LogP contribution in [0.4, 0.5) is 0 Å². The fourth-order valence-corrected chi connectivity index (χ4v) is 1.76.